The van der Waals surface area contributed by atoms with Gasteiger partial charge in [-0.05, 0) is 18.6 Å². The lowest BCUT2D eigenvalue weighted by Gasteiger charge is -2.12. The second-order valence-electron chi connectivity index (χ2n) is 4.08. The molecule has 1 unspecified atom stereocenters. The minimum Gasteiger partial charge on any atom is -0.492 e. The van der Waals surface area contributed by atoms with Crippen LogP contribution in [0.25, 0.3) is 0 Å². The van der Waals surface area contributed by atoms with Gasteiger partial charge in [0.15, 0.2) is 0 Å². The van der Waals surface area contributed by atoms with Gasteiger partial charge in [0.2, 0.25) is 0 Å². The topological polar surface area (TPSA) is 60.2 Å². The molecule has 1 atom stereocenters. The molecule has 0 aromatic carbocycles. The Kier molecular flexibility index (Phi) is 3.94. The minimum atomic E-state index is -0.741. The first kappa shape index (κ1) is 12.6. The van der Waals surface area contributed by atoms with Crippen LogP contribution in [0.1, 0.15) is 30.7 Å². The molecule has 2 rings (SSSR count). The van der Waals surface area contributed by atoms with Crippen LogP contribution in [-0.2, 0) is 7.05 Å². The Labute approximate surface area is 106 Å². The predicted molar refractivity (Wildman–Crippen MR) is 67.3 cm³/mol. The highest BCUT2D eigenvalue weighted by molar-refractivity contribution is 5.29. The zero-order chi connectivity index (χ0) is 13.0. The molecule has 0 radical (unpaired) electrons. The SMILES string of the molecule is CCCOc1cncc(C(O)c2ccnn2C)c1. The summed E-state index contributed by atoms with van der Waals surface area (Å²) in [4.78, 5) is 4.08. The van der Waals surface area contributed by atoms with Crippen LogP contribution in [0.3, 0.4) is 0 Å². The summed E-state index contributed by atoms with van der Waals surface area (Å²) >= 11 is 0. The van der Waals surface area contributed by atoms with Gasteiger partial charge in [-0.15, -0.1) is 0 Å². The number of hydrogen-bond acceptors (Lipinski definition) is 4. The molecular weight excluding hydrogens is 230 g/mol. The average Bonchev–Trinajstić information content (AvgIpc) is 2.82. The third-order valence-electron chi connectivity index (χ3n) is 2.66. The van der Waals surface area contributed by atoms with Gasteiger partial charge < -0.3 is 9.84 Å². The minimum absolute atomic E-state index is 0.646. The van der Waals surface area contributed by atoms with Crippen molar-refractivity contribution in [2.45, 2.75) is 19.4 Å². The van der Waals surface area contributed by atoms with E-state index in [4.69, 9.17) is 4.74 Å². The summed E-state index contributed by atoms with van der Waals surface area (Å²) in [7, 11) is 1.80. The van der Waals surface area contributed by atoms with E-state index >= 15 is 0 Å². The molecule has 0 fully saturated rings. The van der Waals surface area contributed by atoms with E-state index in [1.807, 2.05) is 6.92 Å². The van der Waals surface area contributed by atoms with Crippen molar-refractivity contribution in [3.05, 3.63) is 42.0 Å². The van der Waals surface area contributed by atoms with E-state index in [0.29, 0.717) is 17.9 Å². The molecule has 2 heterocycles. The van der Waals surface area contributed by atoms with E-state index < -0.39 is 6.10 Å². The molecule has 2 aromatic heterocycles. The number of aliphatic hydroxyl groups is 1. The Balaban J connectivity index is 2.20. The van der Waals surface area contributed by atoms with Gasteiger partial charge in [-0.2, -0.15) is 5.10 Å². The first-order valence-corrected chi connectivity index (χ1v) is 5.96. The van der Waals surface area contributed by atoms with Crippen molar-refractivity contribution in [2.75, 3.05) is 6.61 Å². The molecule has 96 valence electrons. The molecule has 0 aliphatic carbocycles. The molecule has 5 nitrogen and oxygen atoms in total. The summed E-state index contributed by atoms with van der Waals surface area (Å²) in [6.07, 6.45) is 5.14. The van der Waals surface area contributed by atoms with E-state index in [2.05, 4.69) is 10.1 Å². The maximum Gasteiger partial charge on any atom is 0.137 e. The number of ether oxygens (including phenoxy) is 1. The summed E-state index contributed by atoms with van der Waals surface area (Å²) in [5.41, 5.74) is 1.43. The van der Waals surface area contributed by atoms with Crippen molar-refractivity contribution in [3.8, 4) is 5.75 Å². The van der Waals surface area contributed by atoms with Gasteiger partial charge in [0.05, 0.1) is 18.5 Å². The van der Waals surface area contributed by atoms with Crippen molar-refractivity contribution >= 4 is 0 Å². The molecule has 0 bridgehead atoms. The molecule has 0 aliphatic rings. The summed E-state index contributed by atoms with van der Waals surface area (Å²) in [6, 6.07) is 3.59. The van der Waals surface area contributed by atoms with Crippen molar-refractivity contribution in [3.63, 3.8) is 0 Å². The van der Waals surface area contributed by atoms with Gasteiger partial charge in [0.1, 0.15) is 11.9 Å². The van der Waals surface area contributed by atoms with E-state index in [9.17, 15) is 5.11 Å². The first-order valence-electron chi connectivity index (χ1n) is 5.96. The summed E-state index contributed by atoms with van der Waals surface area (Å²) in [5, 5.41) is 14.3. The van der Waals surface area contributed by atoms with Gasteiger partial charge in [0, 0.05) is 25.0 Å². The van der Waals surface area contributed by atoms with Crippen molar-refractivity contribution in [1.29, 1.82) is 0 Å². The molecule has 0 amide bonds. The highest BCUT2D eigenvalue weighted by atomic mass is 16.5. The molecule has 0 aliphatic heterocycles. The van der Waals surface area contributed by atoms with Crippen LogP contribution in [-0.4, -0.2) is 26.5 Å². The second kappa shape index (κ2) is 5.64. The van der Waals surface area contributed by atoms with Gasteiger partial charge in [-0.25, -0.2) is 0 Å². The van der Waals surface area contributed by atoms with Crippen LogP contribution in [0.4, 0.5) is 0 Å². The molecular formula is C13H17N3O2. The Morgan fingerprint density at radius 3 is 2.94 bits per heavy atom. The smallest absolute Gasteiger partial charge is 0.137 e. The number of nitrogens with zero attached hydrogens (tertiary/aromatic N) is 3. The number of aromatic nitrogens is 3. The number of pyridine rings is 1. The van der Waals surface area contributed by atoms with Crippen molar-refractivity contribution in [1.82, 2.24) is 14.8 Å². The molecule has 18 heavy (non-hydrogen) atoms. The summed E-state index contributed by atoms with van der Waals surface area (Å²) in [5.74, 6) is 0.676. The molecule has 0 saturated heterocycles. The maximum absolute atomic E-state index is 10.3. The Morgan fingerprint density at radius 1 is 1.44 bits per heavy atom. The molecule has 0 spiro atoms. The lowest BCUT2D eigenvalue weighted by Crippen LogP contribution is -2.07. The van der Waals surface area contributed by atoms with Crippen LogP contribution in [0.15, 0.2) is 30.7 Å². The van der Waals surface area contributed by atoms with E-state index in [1.54, 1.807) is 42.5 Å². The third-order valence-corrected chi connectivity index (χ3v) is 2.66. The van der Waals surface area contributed by atoms with E-state index in [0.717, 1.165) is 12.1 Å². The normalized spacial score (nSPS) is 12.4. The average molecular weight is 247 g/mol. The van der Waals surface area contributed by atoms with E-state index in [1.165, 1.54) is 0 Å². The zero-order valence-electron chi connectivity index (χ0n) is 10.6. The molecule has 2 aromatic rings. The van der Waals surface area contributed by atoms with Crippen LogP contribution in [0, 0.1) is 0 Å². The Bertz CT molecular complexity index is 510. The van der Waals surface area contributed by atoms with Crippen LogP contribution < -0.4 is 4.74 Å². The summed E-state index contributed by atoms with van der Waals surface area (Å²) < 4.78 is 7.14. The molecule has 1 N–H and O–H groups in total. The highest BCUT2D eigenvalue weighted by Gasteiger charge is 2.14. The van der Waals surface area contributed by atoms with Gasteiger partial charge in [-0.1, -0.05) is 6.92 Å². The van der Waals surface area contributed by atoms with E-state index in [-0.39, 0.29) is 0 Å². The Morgan fingerprint density at radius 2 is 2.28 bits per heavy atom. The second-order valence-corrected chi connectivity index (χ2v) is 4.08. The fourth-order valence-electron chi connectivity index (χ4n) is 1.71. The molecule has 0 saturated carbocycles. The van der Waals surface area contributed by atoms with Gasteiger partial charge >= 0.3 is 0 Å². The lowest BCUT2D eigenvalue weighted by molar-refractivity contribution is 0.208. The monoisotopic (exact) mass is 247 g/mol. The summed E-state index contributed by atoms with van der Waals surface area (Å²) in [6.45, 7) is 2.69. The number of aryl methyl sites for hydroxylation is 1. The fraction of sp³-hybridized carbons (Fsp3) is 0.385. The fourth-order valence-corrected chi connectivity index (χ4v) is 1.71. The number of rotatable bonds is 5. The first-order chi connectivity index (χ1) is 8.72. The highest BCUT2D eigenvalue weighted by Crippen LogP contribution is 2.23. The number of aliphatic hydroxyl groups excluding tert-OH is 1. The zero-order valence-corrected chi connectivity index (χ0v) is 10.6. The predicted octanol–water partition coefficient (Wildman–Crippen LogP) is 1.69. The van der Waals surface area contributed by atoms with Gasteiger partial charge in [-0.3, -0.25) is 9.67 Å². The lowest BCUT2D eigenvalue weighted by atomic mass is 10.1. The quantitative estimate of drug-likeness (QED) is 0.873. The van der Waals surface area contributed by atoms with Crippen molar-refractivity contribution < 1.29 is 9.84 Å². The Hall–Kier alpha value is -1.88. The van der Waals surface area contributed by atoms with Crippen molar-refractivity contribution in [2.24, 2.45) is 7.05 Å². The third kappa shape index (κ3) is 2.68. The largest absolute Gasteiger partial charge is 0.492 e. The number of hydrogen-bond donors (Lipinski definition) is 1. The van der Waals surface area contributed by atoms with Gasteiger partial charge in [0.25, 0.3) is 0 Å². The van der Waals surface area contributed by atoms with Crippen LogP contribution in [0.2, 0.25) is 0 Å². The van der Waals surface area contributed by atoms with Crippen LogP contribution in [0.5, 0.6) is 5.75 Å². The standard InChI is InChI=1S/C13H17N3O2/c1-3-6-18-11-7-10(8-14-9-11)13(17)12-4-5-15-16(12)2/h4-5,7-9,13,17H,3,6H2,1-2H3. The van der Waals surface area contributed by atoms with Crippen LogP contribution >= 0.6 is 0 Å². The molecule has 5 heteroatoms. The maximum atomic E-state index is 10.3.